The van der Waals surface area contributed by atoms with E-state index in [9.17, 15) is 4.79 Å². The first-order valence-corrected chi connectivity index (χ1v) is 6.39. The van der Waals surface area contributed by atoms with Crippen LogP contribution < -0.4 is 0 Å². The number of allylic oxidation sites excluding steroid dienone is 3. The zero-order valence-corrected chi connectivity index (χ0v) is 10.7. The summed E-state index contributed by atoms with van der Waals surface area (Å²) in [5, 5.41) is 0. The van der Waals surface area contributed by atoms with Crippen molar-refractivity contribution in [1.29, 1.82) is 0 Å². The van der Waals surface area contributed by atoms with Gasteiger partial charge >= 0.3 is 0 Å². The van der Waals surface area contributed by atoms with Gasteiger partial charge in [-0.1, -0.05) is 24.6 Å². The highest BCUT2D eigenvalue weighted by Gasteiger charge is 2.36. The third-order valence-corrected chi connectivity index (χ3v) is 4.57. The Labute approximate surface area is 98.6 Å². The Morgan fingerprint density at radius 2 is 2.00 bits per heavy atom. The van der Waals surface area contributed by atoms with Gasteiger partial charge in [0.1, 0.15) is 0 Å². The van der Waals surface area contributed by atoms with E-state index < -0.39 is 0 Å². The first kappa shape index (κ1) is 11.6. The first-order chi connectivity index (χ1) is 7.50. The Bertz CT molecular complexity index is 362. The van der Waals surface area contributed by atoms with Gasteiger partial charge in [0.25, 0.3) is 0 Å². The molecule has 0 N–H and O–H groups in total. The Morgan fingerprint density at radius 3 is 2.62 bits per heavy atom. The third kappa shape index (κ3) is 1.88. The van der Waals surface area contributed by atoms with E-state index in [0.29, 0.717) is 23.5 Å². The van der Waals surface area contributed by atoms with Crippen molar-refractivity contribution in [1.82, 2.24) is 0 Å². The maximum Gasteiger partial charge on any atom is 0.159 e. The highest BCUT2D eigenvalue weighted by molar-refractivity contribution is 5.98. The number of rotatable bonds is 1. The lowest BCUT2D eigenvalue weighted by molar-refractivity contribution is -0.115. The van der Waals surface area contributed by atoms with Gasteiger partial charge in [0.05, 0.1) is 0 Å². The summed E-state index contributed by atoms with van der Waals surface area (Å²) in [6.07, 6.45) is 4.34. The van der Waals surface area contributed by atoms with Crippen molar-refractivity contribution in [2.45, 2.75) is 46.5 Å². The molecule has 16 heavy (non-hydrogen) atoms. The van der Waals surface area contributed by atoms with Crippen LogP contribution in [0.5, 0.6) is 0 Å². The van der Waals surface area contributed by atoms with Gasteiger partial charge in [0.2, 0.25) is 0 Å². The molecule has 2 rings (SSSR count). The van der Waals surface area contributed by atoms with E-state index in [0.717, 1.165) is 18.4 Å². The average Bonchev–Trinajstić information content (AvgIpc) is 2.42. The molecular weight excluding hydrogens is 196 g/mol. The predicted octanol–water partition coefficient (Wildman–Crippen LogP) is 3.90. The van der Waals surface area contributed by atoms with E-state index in [1.807, 2.05) is 6.92 Å². The second-order valence-electron chi connectivity index (χ2n) is 5.69. The summed E-state index contributed by atoms with van der Waals surface area (Å²) in [5.41, 5.74) is 3.79. The summed E-state index contributed by atoms with van der Waals surface area (Å²) in [4.78, 5) is 11.8. The van der Waals surface area contributed by atoms with Gasteiger partial charge in [-0.25, -0.2) is 0 Å². The summed E-state index contributed by atoms with van der Waals surface area (Å²) >= 11 is 0. The second kappa shape index (κ2) is 4.20. The van der Waals surface area contributed by atoms with Crippen LogP contribution in [0.1, 0.15) is 46.5 Å². The standard InChI is InChI=1S/C15H22O/c1-9(2)12-6-5-10(3)13-8-15(16)11(4)14(13)7-12/h10,12-13H,1,5-8H2,2-4H3/t10?,12-,13-/m0/s1. The summed E-state index contributed by atoms with van der Waals surface area (Å²) in [5.74, 6) is 2.19. The lowest BCUT2D eigenvalue weighted by Gasteiger charge is -2.18. The van der Waals surface area contributed by atoms with Gasteiger partial charge < -0.3 is 0 Å². The molecule has 1 saturated carbocycles. The molecule has 0 bridgehead atoms. The van der Waals surface area contributed by atoms with Crippen molar-refractivity contribution < 1.29 is 4.79 Å². The monoisotopic (exact) mass is 218 g/mol. The molecule has 0 saturated heterocycles. The third-order valence-electron chi connectivity index (χ3n) is 4.57. The van der Waals surface area contributed by atoms with Gasteiger partial charge in [-0.3, -0.25) is 4.79 Å². The van der Waals surface area contributed by atoms with E-state index in [1.54, 1.807) is 0 Å². The van der Waals surface area contributed by atoms with Crippen LogP contribution in [0.4, 0.5) is 0 Å². The van der Waals surface area contributed by atoms with Gasteiger partial charge in [0.15, 0.2) is 5.78 Å². The molecule has 0 heterocycles. The number of fused-ring (bicyclic) bond motifs is 1. The zero-order chi connectivity index (χ0) is 11.9. The minimum atomic E-state index is 0.384. The summed E-state index contributed by atoms with van der Waals surface area (Å²) in [7, 11) is 0. The molecule has 0 radical (unpaired) electrons. The Morgan fingerprint density at radius 1 is 1.31 bits per heavy atom. The van der Waals surface area contributed by atoms with Crippen LogP contribution in [0.15, 0.2) is 23.3 Å². The van der Waals surface area contributed by atoms with E-state index >= 15 is 0 Å². The predicted molar refractivity (Wildman–Crippen MR) is 67.1 cm³/mol. The highest BCUT2D eigenvalue weighted by Crippen LogP contribution is 2.44. The molecule has 0 amide bonds. The smallest absolute Gasteiger partial charge is 0.159 e. The van der Waals surface area contributed by atoms with Gasteiger partial charge in [-0.15, -0.1) is 0 Å². The normalized spacial score (nSPS) is 34.9. The Balaban J connectivity index is 2.31. The van der Waals surface area contributed by atoms with E-state index in [-0.39, 0.29) is 0 Å². The molecule has 1 nitrogen and oxygen atoms in total. The van der Waals surface area contributed by atoms with Crippen LogP contribution in [0.25, 0.3) is 0 Å². The van der Waals surface area contributed by atoms with Crippen molar-refractivity contribution >= 4 is 5.78 Å². The zero-order valence-electron chi connectivity index (χ0n) is 10.7. The number of carbonyl (C=O) groups is 1. The van der Waals surface area contributed by atoms with Crippen LogP contribution in [-0.2, 0) is 4.79 Å². The van der Waals surface area contributed by atoms with Crippen molar-refractivity contribution in [2.75, 3.05) is 0 Å². The molecule has 1 fully saturated rings. The lowest BCUT2D eigenvalue weighted by atomic mass is 9.86. The van der Waals surface area contributed by atoms with Crippen LogP contribution in [0.2, 0.25) is 0 Å². The fourth-order valence-corrected chi connectivity index (χ4v) is 3.24. The summed E-state index contributed by atoms with van der Waals surface area (Å²) in [6.45, 7) is 10.5. The van der Waals surface area contributed by atoms with Crippen LogP contribution >= 0.6 is 0 Å². The SMILES string of the molecule is C=C(C)[C@H]1CCC(C)[C@@H]2CC(=O)C(C)=C2C1. The minimum Gasteiger partial charge on any atom is -0.295 e. The summed E-state index contributed by atoms with van der Waals surface area (Å²) < 4.78 is 0. The first-order valence-electron chi connectivity index (χ1n) is 6.39. The number of hydrogen-bond donors (Lipinski definition) is 0. The molecule has 1 heteroatoms. The molecule has 88 valence electrons. The lowest BCUT2D eigenvalue weighted by Crippen LogP contribution is -2.09. The molecule has 2 aliphatic rings. The minimum absolute atomic E-state index is 0.384. The fourth-order valence-electron chi connectivity index (χ4n) is 3.24. The highest BCUT2D eigenvalue weighted by atomic mass is 16.1. The number of Topliss-reactive ketones (excluding diaryl/α,β-unsaturated/α-hetero) is 1. The molecule has 3 atom stereocenters. The quantitative estimate of drug-likeness (QED) is 0.610. The molecule has 0 aliphatic heterocycles. The van der Waals surface area contributed by atoms with Crippen molar-refractivity contribution in [3.63, 3.8) is 0 Å². The van der Waals surface area contributed by atoms with E-state index in [2.05, 4.69) is 20.4 Å². The average molecular weight is 218 g/mol. The van der Waals surface area contributed by atoms with Crippen molar-refractivity contribution in [3.8, 4) is 0 Å². The largest absolute Gasteiger partial charge is 0.295 e. The van der Waals surface area contributed by atoms with Crippen LogP contribution in [0.3, 0.4) is 0 Å². The van der Waals surface area contributed by atoms with E-state index in [4.69, 9.17) is 0 Å². The van der Waals surface area contributed by atoms with Crippen LogP contribution in [0, 0.1) is 17.8 Å². The second-order valence-corrected chi connectivity index (χ2v) is 5.69. The molecule has 0 aromatic heterocycles. The van der Waals surface area contributed by atoms with E-state index in [1.165, 1.54) is 24.0 Å². The maximum absolute atomic E-state index is 11.8. The topological polar surface area (TPSA) is 17.1 Å². The summed E-state index contributed by atoms with van der Waals surface area (Å²) in [6, 6.07) is 0. The van der Waals surface area contributed by atoms with Gasteiger partial charge in [0, 0.05) is 6.42 Å². The Kier molecular flexibility index (Phi) is 3.05. The Hall–Kier alpha value is -0.850. The molecule has 1 unspecified atom stereocenters. The molecule has 0 aromatic rings. The van der Waals surface area contributed by atoms with Gasteiger partial charge in [-0.2, -0.15) is 0 Å². The van der Waals surface area contributed by atoms with Crippen molar-refractivity contribution in [2.24, 2.45) is 17.8 Å². The molecule has 0 spiro atoms. The van der Waals surface area contributed by atoms with Crippen molar-refractivity contribution in [3.05, 3.63) is 23.3 Å². The van der Waals surface area contributed by atoms with Crippen LogP contribution in [-0.4, -0.2) is 5.78 Å². The molecule has 2 aliphatic carbocycles. The number of carbonyl (C=O) groups excluding carboxylic acids is 1. The number of ketones is 1. The maximum atomic E-state index is 11.8. The molecule has 0 aromatic carbocycles. The van der Waals surface area contributed by atoms with Gasteiger partial charge in [-0.05, 0) is 56.4 Å². The fraction of sp³-hybridized carbons (Fsp3) is 0.667. The molecular formula is C15H22O. The number of hydrogen-bond acceptors (Lipinski definition) is 1.